The van der Waals surface area contributed by atoms with E-state index in [1.165, 1.54) is 6.92 Å². The number of ether oxygens (including phenoxy) is 1. The van der Waals surface area contributed by atoms with E-state index in [1.54, 1.807) is 0 Å². The van der Waals surface area contributed by atoms with Gasteiger partial charge in [-0.25, -0.2) is 9.59 Å². The van der Waals surface area contributed by atoms with E-state index < -0.39 is 17.5 Å². The minimum atomic E-state index is -1.39. The molecule has 1 saturated heterocycles. The van der Waals surface area contributed by atoms with Crippen LogP contribution in [-0.2, 0) is 14.3 Å². The van der Waals surface area contributed by atoms with Gasteiger partial charge in [0.05, 0.1) is 0 Å². The van der Waals surface area contributed by atoms with E-state index in [0.29, 0.717) is 0 Å². The highest BCUT2D eigenvalue weighted by atomic mass is 16.6. The number of carboxylic acids is 1. The lowest BCUT2D eigenvalue weighted by molar-refractivity contribution is -0.167. The van der Waals surface area contributed by atoms with Gasteiger partial charge in [-0.15, -0.1) is 0 Å². The monoisotopic (exact) mass is 156 g/mol. The molecule has 0 aromatic rings. The lowest BCUT2D eigenvalue weighted by Crippen LogP contribution is -2.34. The lowest BCUT2D eigenvalue weighted by Gasteiger charge is -2.14. The van der Waals surface area contributed by atoms with Crippen molar-refractivity contribution in [1.82, 2.24) is 0 Å². The van der Waals surface area contributed by atoms with Gasteiger partial charge in [0.25, 0.3) is 0 Å². The summed E-state index contributed by atoms with van der Waals surface area (Å²) in [7, 11) is 0. The van der Waals surface area contributed by atoms with Crippen molar-refractivity contribution in [2.24, 2.45) is 0 Å². The molecular formula is C7H8O4. The third-order valence-electron chi connectivity index (χ3n) is 1.61. The van der Waals surface area contributed by atoms with Gasteiger partial charge >= 0.3 is 11.9 Å². The van der Waals surface area contributed by atoms with Crippen LogP contribution in [0.1, 0.15) is 13.3 Å². The van der Waals surface area contributed by atoms with E-state index in [9.17, 15) is 9.59 Å². The SMILES string of the molecule is C=C1C[C@](C)(C(=O)O)OC1=O. The molecule has 0 aliphatic carbocycles. The minimum absolute atomic E-state index is 0.0706. The van der Waals surface area contributed by atoms with Crippen molar-refractivity contribution in [3.63, 3.8) is 0 Å². The maximum Gasteiger partial charge on any atom is 0.348 e. The fourth-order valence-electron chi connectivity index (χ4n) is 0.911. The molecule has 0 amide bonds. The summed E-state index contributed by atoms with van der Waals surface area (Å²) in [5.41, 5.74) is -1.18. The Kier molecular flexibility index (Phi) is 1.47. The van der Waals surface area contributed by atoms with Crippen molar-refractivity contribution in [1.29, 1.82) is 0 Å². The second kappa shape index (κ2) is 2.08. The molecule has 0 unspecified atom stereocenters. The fourth-order valence-corrected chi connectivity index (χ4v) is 0.911. The van der Waals surface area contributed by atoms with Crippen LogP contribution in [0.2, 0.25) is 0 Å². The molecule has 11 heavy (non-hydrogen) atoms. The van der Waals surface area contributed by atoms with Crippen molar-refractivity contribution in [3.05, 3.63) is 12.2 Å². The normalized spacial score (nSPS) is 30.3. The van der Waals surface area contributed by atoms with Crippen molar-refractivity contribution < 1.29 is 19.4 Å². The van der Waals surface area contributed by atoms with Crippen LogP contribution >= 0.6 is 0 Å². The first-order valence-electron chi connectivity index (χ1n) is 3.10. The van der Waals surface area contributed by atoms with Crippen LogP contribution in [-0.4, -0.2) is 22.6 Å². The first-order chi connectivity index (χ1) is 4.96. The molecule has 0 radical (unpaired) electrons. The molecule has 0 bridgehead atoms. The molecule has 4 nitrogen and oxygen atoms in total. The van der Waals surface area contributed by atoms with E-state index in [1.807, 2.05) is 0 Å². The molecule has 60 valence electrons. The quantitative estimate of drug-likeness (QED) is 0.439. The average molecular weight is 156 g/mol. The summed E-state index contributed by atoms with van der Waals surface area (Å²) in [5.74, 6) is -1.75. The van der Waals surface area contributed by atoms with Gasteiger partial charge in [0.2, 0.25) is 5.60 Å². The van der Waals surface area contributed by atoms with Crippen molar-refractivity contribution in [3.8, 4) is 0 Å². The van der Waals surface area contributed by atoms with E-state index in [4.69, 9.17) is 5.11 Å². The van der Waals surface area contributed by atoms with Crippen LogP contribution in [0.25, 0.3) is 0 Å². The Bertz CT molecular complexity index is 225. The van der Waals surface area contributed by atoms with Crippen molar-refractivity contribution in [2.75, 3.05) is 0 Å². The first kappa shape index (κ1) is 7.78. The van der Waals surface area contributed by atoms with Gasteiger partial charge in [0, 0.05) is 12.0 Å². The zero-order valence-corrected chi connectivity index (χ0v) is 6.09. The number of cyclic esters (lactones) is 1. The van der Waals surface area contributed by atoms with Gasteiger partial charge < -0.3 is 9.84 Å². The predicted molar refractivity (Wildman–Crippen MR) is 35.9 cm³/mol. The largest absolute Gasteiger partial charge is 0.478 e. The number of hydrogen-bond acceptors (Lipinski definition) is 3. The number of hydrogen-bond donors (Lipinski definition) is 1. The summed E-state index contributed by atoms with van der Waals surface area (Å²) in [5, 5.41) is 8.59. The van der Waals surface area contributed by atoms with Gasteiger partial charge in [0.15, 0.2) is 0 Å². The minimum Gasteiger partial charge on any atom is -0.478 e. The summed E-state index contributed by atoms with van der Waals surface area (Å²) in [6, 6.07) is 0. The topological polar surface area (TPSA) is 63.6 Å². The van der Waals surface area contributed by atoms with E-state index >= 15 is 0 Å². The smallest absolute Gasteiger partial charge is 0.348 e. The van der Waals surface area contributed by atoms with Gasteiger partial charge in [-0.3, -0.25) is 0 Å². The van der Waals surface area contributed by atoms with Crippen LogP contribution in [0.5, 0.6) is 0 Å². The summed E-state index contributed by atoms with van der Waals surface area (Å²) >= 11 is 0. The molecule has 0 spiro atoms. The number of carbonyl (C=O) groups excluding carboxylic acids is 1. The second-order valence-electron chi connectivity index (χ2n) is 2.71. The second-order valence-corrected chi connectivity index (χ2v) is 2.71. The summed E-state index contributed by atoms with van der Waals surface area (Å²) in [6.07, 6.45) is 0.0706. The molecule has 1 fully saturated rings. The Morgan fingerprint density at radius 1 is 1.82 bits per heavy atom. The Morgan fingerprint density at radius 3 is 2.55 bits per heavy atom. The predicted octanol–water partition coefficient (Wildman–Crippen LogP) is 0.333. The van der Waals surface area contributed by atoms with Crippen LogP contribution in [0.3, 0.4) is 0 Å². The molecular weight excluding hydrogens is 148 g/mol. The molecule has 1 heterocycles. The highest BCUT2D eigenvalue weighted by molar-refractivity contribution is 5.96. The maximum absolute atomic E-state index is 10.7. The maximum atomic E-state index is 10.7. The standard InChI is InChI=1S/C7H8O4/c1-4-3-7(2,6(9)10)11-5(4)8/h1,3H2,2H3,(H,9,10)/t7-/m1/s1. The molecule has 1 aliphatic rings. The van der Waals surface area contributed by atoms with Crippen molar-refractivity contribution in [2.45, 2.75) is 18.9 Å². The fraction of sp³-hybridized carbons (Fsp3) is 0.429. The third kappa shape index (κ3) is 1.11. The van der Waals surface area contributed by atoms with Gasteiger partial charge in [-0.2, -0.15) is 0 Å². The van der Waals surface area contributed by atoms with E-state index in [2.05, 4.69) is 11.3 Å². The third-order valence-corrected chi connectivity index (χ3v) is 1.61. The number of carbonyl (C=O) groups is 2. The highest BCUT2D eigenvalue weighted by Crippen LogP contribution is 2.29. The van der Waals surface area contributed by atoms with Gasteiger partial charge in [-0.05, 0) is 6.92 Å². The number of aliphatic carboxylic acids is 1. The van der Waals surface area contributed by atoms with Gasteiger partial charge in [0.1, 0.15) is 0 Å². The molecule has 1 rings (SSSR count). The number of carboxylic acid groups (broad SMARTS) is 1. The number of esters is 1. The molecule has 0 aromatic carbocycles. The lowest BCUT2D eigenvalue weighted by atomic mass is 10.0. The van der Waals surface area contributed by atoms with Crippen LogP contribution in [0, 0.1) is 0 Å². The van der Waals surface area contributed by atoms with Crippen LogP contribution in [0.15, 0.2) is 12.2 Å². The van der Waals surface area contributed by atoms with Crippen LogP contribution < -0.4 is 0 Å². The average Bonchev–Trinajstić information content (AvgIpc) is 2.09. The number of rotatable bonds is 1. The first-order valence-corrected chi connectivity index (χ1v) is 3.10. The Hall–Kier alpha value is -1.32. The summed E-state index contributed by atoms with van der Waals surface area (Å²) in [4.78, 5) is 21.2. The van der Waals surface area contributed by atoms with Crippen LogP contribution in [0.4, 0.5) is 0 Å². The van der Waals surface area contributed by atoms with E-state index in [0.717, 1.165) is 0 Å². The summed E-state index contributed by atoms with van der Waals surface area (Å²) in [6.45, 7) is 4.73. The molecule has 1 atom stereocenters. The van der Waals surface area contributed by atoms with Gasteiger partial charge in [-0.1, -0.05) is 6.58 Å². The Balaban J connectivity index is 2.88. The zero-order chi connectivity index (χ0) is 8.65. The molecule has 1 aliphatic heterocycles. The highest BCUT2D eigenvalue weighted by Gasteiger charge is 2.45. The molecule has 4 heteroatoms. The molecule has 0 aromatic heterocycles. The Morgan fingerprint density at radius 2 is 2.36 bits per heavy atom. The van der Waals surface area contributed by atoms with E-state index in [-0.39, 0.29) is 12.0 Å². The molecule has 0 saturated carbocycles. The van der Waals surface area contributed by atoms with Crippen molar-refractivity contribution >= 4 is 11.9 Å². The molecule has 1 N–H and O–H groups in total. The Labute approximate surface area is 63.5 Å². The zero-order valence-electron chi connectivity index (χ0n) is 6.09. The summed E-state index contributed by atoms with van der Waals surface area (Å²) < 4.78 is 4.58.